The van der Waals surface area contributed by atoms with E-state index in [0.29, 0.717) is 25.7 Å². The van der Waals surface area contributed by atoms with Crippen LogP contribution in [0.2, 0.25) is 0 Å². The molecule has 0 N–H and O–H groups in total. The van der Waals surface area contributed by atoms with Crippen LogP contribution in [0.1, 0.15) is 187 Å². The van der Waals surface area contributed by atoms with Crippen LogP contribution in [-0.2, 0) is 12.4 Å². The van der Waals surface area contributed by atoms with E-state index in [9.17, 15) is 0 Å². The molecule has 5 nitrogen and oxygen atoms in total. The van der Waals surface area contributed by atoms with Gasteiger partial charge in [0.1, 0.15) is 33.5 Å². The van der Waals surface area contributed by atoms with Crippen LogP contribution in [0.4, 0.5) is 26.3 Å². The Hall–Kier alpha value is -3.11. The molecule has 0 bridgehead atoms. The number of carbonyl (C=O) groups is 1. The van der Waals surface area contributed by atoms with Gasteiger partial charge in [0, 0.05) is 56.5 Å². The van der Waals surface area contributed by atoms with Crippen LogP contribution in [0.15, 0.2) is 24.3 Å². The second-order valence-corrected chi connectivity index (χ2v) is 25.6. The van der Waals surface area contributed by atoms with Crippen LogP contribution >= 0.6 is 0 Å². The molecule has 0 heterocycles. The minimum Gasteiger partial charge on any atom is -0.482 e. The van der Waals surface area contributed by atoms with Crippen molar-refractivity contribution in [1.29, 1.82) is 0 Å². The predicted molar refractivity (Wildman–Crippen MR) is 241 cm³/mol. The summed E-state index contributed by atoms with van der Waals surface area (Å²) in [7, 11) is 0. The van der Waals surface area contributed by atoms with E-state index in [4.69, 9.17) is 18.9 Å². The zero-order chi connectivity index (χ0) is 48.0. The average Bonchev–Trinajstić information content (AvgIpc) is 4.10. The Morgan fingerprint density at radius 3 is 0.955 bits per heavy atom. The fraction of sp³-hybridized carbons (Fsp3) is 0.764. The van der Waals surface area contributed by atoms with E-state index in [1.807, 2.05) is 27.7 Å². The van der Waals surface area contributed by atoms with E-state index in [-0.39, 0.29) is 69.7 Å². The van der Waals surface area contributed by atoms with E-state index >= 15 is 31.1 Å². The molecule has 8 aliphatic rings. The van der Waals surface area contributed by atoms with Crippen LogP contribution < -0.4 is 18.9 Å². The number of fused-ring (bicyclic) bond motifs is 4. The Labute approximate surface area is 388 Å². The van der Waals surface area contributed by atoms with Crippen molar-refractivity contribution in [3.05, 3.63) is 46.5 Å². The smallest absolute Gasteiger partial charge is 0.420 e. The Kier molecular flexibility index (Phi) is 9.91. The van der Waals surface area contributed by atoms with Crippen molar-refractivity contribution in [2.75, 3.05) is 0 Å². The van der Waals surface area contributed by atoms with Gasteiger partial charge in [0.05, 0.1) is 0 Å². The van der Waals surface area contributed by atoms with Gasteiger partial charge in [0.25, 0.3) is 0 Å². The number of ether oxygens (including phenoxy) is 4. The van der Waals surface area contributed by atoms with Crippen molar-refractivity contribution < 1.29 is 50.1 Å². The molecule has 12 atom stereocenters. The molecule has 11 heteroatoms. The summed E-state index contributed by atoms with van der Waals surface area (Å²) in [5.41, 5.74) is -8.08. The number of rotatable bonds is 10. The normalized spacial score (nSPS) is 40.6. The van der Waals surface area contributed by atoms with Crippen LogP contribution in [0.25, 0.3) is 0 Å². The molecule has 364 valence electrons. The minimum atomic E-state index is -5.00. The molecule has 0 radical (unpaired) electrons. The minimum absolute atomic E-state index is 0.0323. The maximum absolute atomic E-state index is 15.8. The highest BCUT2D eigenvalue weighted by Crippen LogP contribution is 2.76. The molecule has 12 unspecified atom stereocenters. The van der Waals surface area contributed by atoms with Crippen LogP contribution in [0.3, 0.4) is 0 Å². The van der Waals surface area contributed by atoms with Crippen LogP contribution in [0, 0.1) is 69.0 Å². The van der Waals surface area contributed by atoms with Crippen molar-refractivity contribution >= 4 is 5.78 Å². The maximum Gasteiger partial charge on any atom is 0.420 e. The lowest BCUT2D eigenvalue weighted by Gasteiger charge is -2.34. The van der Waals surface area contributed by atoms with Gasteiger partial charge in [-0.2, -0.15) is 26.3 Å². The number of alkyl halides is 6. The first kappa shape index (κ1) is 46.6. The Bertz CT molecular complexity index is 2190. The number of hydrogen-bond donors (Lipinski definition) is 0. The molecule has 8 fully saturated rings. The highest BCUT2D eigenvalue weighted by Gasteiger charge is 2.78. The summed E-state index contributed by atoms with van der Waals surface area (Å²) in [6.45, 7) is 25.0. The van der Waals surface area contributed by atoms with E-state index < -0.39 is 85.1 Å². The summed E-state index contributed by atoms with van der Waals surface area (Å²) >= 11 is 0. The number of carbonyl (C=O) groups excluding carboxylic acids is 1. The van der Waals surface area contributed by atoms with Gasteiger partial charge in [-0.15, -0.1) is 0 Å². The third kappa shape index (κ3) is 6.39. The highest BCUT2D eigenvalue weighted by atomic mass is 19.4. The molecule has 10 rings (SSSR count). The van der Waals surface area contributed by atoms with Crippen molar-refractivity contribution in [2.45, 2.75) is 195 Å². The van der Waals surface area contributed by atoms with Gasteiger partial charge in [-0.3, -0.25) is 4.79 Å². The largest absolute Gasteiger partial charge is 0.482 e. The highest BCUT2D eigenvalue weighted by molar-refractivity contribution is 6.10. The number of benzene rings is 2. The van der Waals surface area contributed by atoms with E-state index in [2.05, 4.69) is 55.4 Å². The third-order valence-corrected chi connectivity index (χ3v) is 20.6. The topological polar surface area (TPSA) is 54.0 Å². The standard InChI is InChI=1S/C55H72F6O5/c1-29-13-17-39-46(5,6)50(39,25-29)63-37-23-33(21-35(54(56,57)58)44(37)65-52-27-31(3)15-19-41(52)48(52,9)10)43(62)34-22-36(55(59,60)61)45(66-53-28-32(4)16-20-42(53)49(53,11)12)38(24-34)64-51-26-30(2)14-18-40(51)47(51,7)8/h21-24,29-32,39-42H,13-20,25-28H2,1-12H3. The van der Waals surface area contributed by atoms with E-state index in [1.165, 1.54) is 12.1 Å². The molecule has 0 saturated heterocycles. The molecule has 8 aliphatic carbocycles. The molecule has 8 saturated carbocycles. The van der Waals surface area contributed by atoms with E-state index in [1.54, 1.807) is 0 Å². The average molecular weight is 927 g/mol. The molecule has 0 aromatic heterocycles. The fourth-order valence-electron chi connectivity index (χ4n) is 16.1. The summed E-state index contributed by atoms with van der Waals surface area (Å²) in [6, 6.07) is 4.18. The third-order valence-electron chi connectivity index (χ3n) is 20.6. The van der Waals surface area contributed by atoms with Crippen molar-refractivity contribution in [1.82, 2.24) is 0 Å². The lowest BCUT2D eigenvalue weighted by Crippen LogP contribution is -2.34. The molecular weight excluding hydrogens is 855 g/mol. The molecule has 0 spiro atoms. The second kappa shape index (κ2) is 14.0. The van der Waals surface area contributed by atoms with E-state index in [0.717, 1.165) is 63.5 Å². The first-order valence-corrected chi connectivity index (χ1v) is 25.2. The van der Waals surface area contributed by atoms with Gasteiger partial charge in [-0.1, -0.05) is 109 Å². The summed E-state index contributed by atoms with van der Waals surface area (Å²) in [5.74, 6) is -1.06. The van der Waals surface area contributed by atoms with Crippen molar-refractivity contribution in [2.24, 2.45) is 69.0 Å². The zero-order valence-corrected chi connectivity index (χ0v) is 41.2. The Balaban J connectivity index is 1.14. The van der Waals surface area contributed by atoms with Crippen molar-refractivity contribution in [3.63, 3.8) is 0 Å². The molecule has 2 aromatic carbocycles. The number of ketones is 1. The number of halogens is 6. The lowest BCUT2D eigenvalue weighted by atomic mass is 9.87. The first-order chi connectivity index (χ1) is 30.4. The maximum atomic E-state index is 15.8. The quantitative estimate of drug-likeness (QED) is 0.176. The molecule has 0 aliphatic heterocycles. The van der Waals surface area contributed by atoms with Gasteiger partial charge in [-0.25, -0.2) is 0 Å². The van der Waals surface area contributed by atoms with Gasteiger partial charge >= 0.3 is 12.4 Å². The Morgan fingerprint density at radius 2 is 0.697 bits per heavy atom. The monoisotopic (exact) mass is 927 g/mol. The van der Waals surface area contributed by atoms with Gasteiger partial charge in [-0.05, 0) is 99.3 Å². The fourth-order valence-corrected chi connectivity index (χ4v) is 16.1. The predicted octanol–water partition coefficient (Wildman–Crippen LogP) is 15.3. The molecule has 0 amide bonds. The molecular formula is C55H72F6O5. The van der Waals surface area contributed by atoms with Crippen LogP contribution in [0.5, 0.6) is 23.0 Å². The summed E-state index contributed by atoms with van der Waals surface area (Å²) in [6.07, 6.45) is -0.446. The SMILES string of the molecule is CC1CCC2C(C)(C)C2(Oc2cc(C(=O)c3cc(OC45CC(C)CCC4C5(C)C)c(OC45CC(C)CCC4C5(C)C)c(C(F)(F)F)c3)cc(C(F)(F)F)c2OC23CC(C)CCC2C3(C)C)C1. The number of hydrogen-bond acceptors (Lipinski definition) is 5. The molecule has 2 aromatic rings. The zero-order valence-electron chi connectivity index (χ0n) is 41.2. The second-order valence-electron chi connectivity index (χ2n) is 25.6. The van der Waals surface area contributed by atoms with Gasteiger partial charge in [0.15, 0.2) is 28.8 Å². The Morgan fingerprint density at radius 1 is 0.439 bits per heavy atom. The summed E-state index contributed by atoms with van der Waals surface area (Å²) in [5, 5.41) is 0. The van der Waals surface area contributed by atoms with Gasteiger partial charge in [0.2, 0.25) is 0 Å². The molecule has 66 heavy (non-hydrogen) atoms. The van der Waals surface area contributed by atoms with Crippen LogP contribution in [-0.4, -0.2) is 28.2 Å². The first-order valence-electron chi connectivity index (χ1n) is 25.2. The van der Waals surface area contributed by atoms with Gasteiger partial charge < -0.3 is 18.9 Å². The van der Waals surface area contributed by atoms with Crippen molar-refractivity contribution in [3.8, 4) is 23.0 Å². The summed E-state index contributed by atoms with van der Waals surface area (Å²) in [4.78, 5) is 15.1. The lowest BCUT2D eigenvalue weighted by molar-refractivity contribution is -0.141. The summed E-state index contributed by atoms with van der Waals surface area (Å²) < 4.78 is 122.